The van der Waals surface area contributed by atoms with Crippen LogP contribution in [0.1, 0.15) is 5.56 Å². The van der Waals surface area contributed by atoms with Crippen molar-refractivity contribution >= 4 is 21.7 Å². The monoisotopic (exact) mass is 345 g/mol. The molecular weight excluding hydrogens is 333 g/mol. The van der Waals surface area contributed by atoms with Gasteiger partial charge >= 0.3 is 0 Å². The van der Waals surface area contributed by atoms with E-state index in [1.54, 1.807) is 16.8 Å². The Bertz CT molecular complexity index is 797. The lowest BCUT2D eigenvalue weighted by atomic mass is 10.1. The second-order valence-electron chi connectivity index (χ2n) is 4.73. The molecule has 1 aromatic heterocycles. The number of nitrogens with two attached hydrogens (primary N) is 1. The Morgan fingerprint density at radius 3 is 2.52 bits per heavy atom. The van der Waals surface area contributed by atoms with Crippen LogP contribution in [0.5, 0.6) is 0 Å². The van der Waals surface area contributed by atoms with Gasteiger partial charge in [0.15, 0.2) is 0 Å². The van der Waals surface area contributed by atoms with Gasteiger partial charge in [-0.2, -0.15) is 5.10 Å². The molecule has 0 aliphatic heterocycles. The smallest absolute Gasteiger partial charge is 0.133 e. The molecule has 5 heteroatoms. The minimum atomic E-state index is -0.329. The Hall–Kier alpha value is -2.14. The van der Waals surface area contributed by atoms with E-state index in [1.807, 2.05) is 37.3 Å². The number of hydrogen-bond donors (Lipinski definition) is 1. The molecule has 21 heavy (non-hydrogen) atoms. The van der Waals surface area contributed by atoms with Crippen LogP contribution in [0.15, 0.2) is 53.0 Å². The molecule has 3 nitrogen and oxygen atoms in total. The van der Waals surface area contributed by atoms with E-state index in [0.717, 1.165) is 11.3 Å². The highest BCUT2D eigenvalue weighted by molar-refractivity contribution is 9.10. The van der Waals surface area contributed by atoms with Crippen molar-refractivity contribution in [3.63, 3.8) is 0 Å². The lowest BCUT2D eigenvalue weighted by Crippen LogP contribution is -2.01. The third-order valence-corrected chi connectivity index (χ3v) is 3.85. The molecule has 2 N–H and O–H groups in total. The fourth-order valence-electron chi connectivity index (χ4n) is 2.21. The Labute approximate surface area is 130 Å². The molecule has 0 atom stereocenters. The number of aromatic nitrogens is 2. The van der Waals surface area contributed by atoms with Crippen molar-refractivity contribution in [1.82, 2.24) is 9.78 Å². The minimum Gasteiger partial charge on any atom is -0.383 e. The lowest BCUT2D eigenvalue weighted by molar-refractivity contribution is 0.629. The van der Waals surface area contributed by atoms with Crippen LogP contribution in [-0.2, 0) is 0 Å². The van der Waals surface area contributed by atoms with Crippen molar-refractivity contribution in [3.05, 3.63) is 64.4 Å². The Kier molecular flexibility index (Phi) is 3.51. The first-order valence-electron chi connectivity index (χ1n) is 6.44. The molecule has 0 radical (unpaired) electrons. The summed E-state index contributed by atoms with van der Waals surface area (Å²) in [5.74, 6) is 0.184. The van der Waals surface area contributed by atoms with E-state index in [4.69, 9.17) is 5.73 Å². The van der Waals surface area contributed by atoms with E-state index in [9.17, 15) is 4.39 Å². The van der Waals surface area contributed by atoms with Gasteiger partial charge in [-0.15, -0.1) is 0 Å². The molecule has 0 unspecified atom stereocenters. The van der Waals surface area contributed by atoms with Crippen molar-refractivity contribution in [3.8, 4) is 16.9 Å². The maximum Gasteiger partial charge on any atom is 0.133 e. The highest BCUT2D eigenvalue weighted by atomic mass is 79.9. The normalized spacial score (nSPS) is 10.8. The minimum absolute atomic E-state index is 0.329. The molecule has 1 heterocycles. The summed E-state index contributed by atoms with van der Waals surface area (Å²) in [7, 11) is 0. The zero-order valence-corrected chi connectivity index (χ0v) is 12.9. The zero-order chi connectivity index (χ0) is 15.0. The van der Waals surface area contributed by atoms with E-state index in [-0.39, 0.29) is 5.82 Å². The fourth-order valence-corrected chi connectivity index (χ4v) is 2.55. The molecule has 0 aliphatic rings. The molecule has 0 fully saturated rings. The van der Waals surface area contributed by atoms with Crippen LogP contribution < -0.4 is 5.73 Å². The van der Waals surface area contributed by atoms with Crippen molar-refractivity contribution < 1.29 is 4.39 Å². The molecule has 0 saturated heterocycles. The maximum atomic E-state index is 14.1. The van der Waals surface area contributed by atoms with Gasteiger partial charge in [-0.3, -0.25) is 0 Å². The molecule has 2 aromatic carbocycles. The Morgan fingerprint density at radius 1 is 1.14 bits per heavy atom. The van der Waals surface area contributed by atoms with Crippen LogP contribution >= 0.6 is 15.9 Å². The average Bonchev–Trinajstić information content (AvgIpc) is 2.77. The molecule has 0 aliphatic carbocycles. The number of halogens is 2. The summed E-state index contributed by atoms with van der Waals surface area (Å²) in [4.78, 5) is 0. The van der Waals surface area contributed by atoms with Gasteiger partial charge < -0.3 is 5.73 Å². The second-order valence-corrected chi connectivity index (χ2v) is 5.65. The summed E-state index contributed by atoms with van der Waals surface area (Å²) >= 11 is 3.25. The predicted molar refractivity (Wildman–Crippen MR) is 85.8 cm³/mol. The summed E-state index contributed by atoms with van der Waals surface area (Å²) in [5, 5.41) is 4.48. The summed E-state index contributed by atoms with van der Waals surface area (Å²) < 4.78 is 16.5. The number of anilines is 1. The summed E-state index contributed by atoms with van der Waals surface area (Å²) in [6, 6.07) is 14.5. The molecule has 3 aromatic rings. The molecule has 0 bridgehead atoms. The summed E-state index contributed by atoms with van der Waals surface area (Å²) in [6.07, 6.45) is 0. The first-order chi connectivity index (χ1) is 10.1. The number of nitrogen functional groups attached to an aromatic ring is 1. The highest BCUT2D eigenvalue weighted by Crippen LogP contribution is 2.31. The van der Waals surface area contributed by atoms with Crippen LogP contribution in [0.3, 0.4) is 0 Å². The molecule has 0 amide bonds. The quantitative estimate of drug-likeness (QED) is 0.751. The van der Waals surface area contributed by atoms with Crippen LogP contribution in [0.25, 0.3) is 16.9 Å². The highest BCUT2D eigenvalue weighted by Gasteiger charge is 2.17. The van der Waals surface area contributed by atoms with Crippen LogP contribution in [0, 0.1) is 12.7 Å². The molecular formula is C16H13BrFN3. The molecule has 3 rings (SSSR count). The van der Waals surface area contributed by atoms with Gasteiger partial charge in [-0.1, -0.05) is 34.1 Å². The third kappa shape index (κ3) is 2.45. The van der Waals surface area contributed by atoms with Gasteiger partial charge in [0, 0.05) is 15.6 Å². The third-order valence-electron chi connectivity index (χ3n) is 3.35. The standard InChI is InChI=1S/C16H13BrFN3/c1-10-15(13-8-7-11(17)9-14(13)18)20-21(16(10)19)12-5-3-2-4-6-12/h2-9H,19H2,1H3. The van der Waals surface area contributed by atoms with Crippen molar-refractivity contribution in [2.24, 2.45) is 0 Å². The van der Waals surface area contributed by atoms with Gasteiger partial charge in [0.25, 0.3) is 0 Å². The zero-order valence-electron chi connectivity index (χ0n) is 11.3. The van der Waals surface area contributed by atoms with Gasteiger partial charge in [-0.05, 0) is 37.3 Å². The van der Waals surface area contributed by atoms with E-state index in [2.05, 4.69) is 21.0 Å². The van der Waals surface area contributed by atoms with Crippen LogP contribution in [-0.4, -0.2) is 9.78 Å². The number of hydrogen-bond acceptors (Lipinski definition) is 2. The predicted octanol–water partition coefficient (Wildman–Crippen LogP) is 4.33. The fraction of sp³-hybridized carbons (Fsp3) is 0.0625. The van der Waals surface area contributed by atoms with Gasteiger partial charge in [0.1, 0.15) is 17.3 Å². The van der Waals surface area contributed by atoms with E-state index in [1.165, 1.54) is 6.07 Å². The average molecular weight is 346 g/mol. The largest absolute Gasteiger partial charge is 0.383 e. The summed E-state index contributed by atoms with van der Waals surface area (Å²) in [6.45, 7) is 1.85. The first kappa shape index (κ1) is 13.8. The van der Waals surface area contributed by atoms with Crippen molar-refractivity contribution in [2.75, 3.05) is 5.73 Å². The van der Waals surface area contributed by atoms with Gasteiger partial charge in [0.2, 0.25) is 0 Å². The number of benzene rings is 2. The van der Waals surface area contributed by atoms with Gasteiger partial charge in [0.05, 0.1) is 5.69 Å². The number of para-hydroxylation sites is 1. The number of nitrogens with zero attached hydrogens (tertiary/aromatic N) is 2. The molecule has 0 spiro atoms. The topological polar surface area (TPSA) is 43.8 Å². The van der Waals surface area contributed by atoms with Crippen molar-refractivity contribution in [1.29, 1.82) is 0 Å². The van der Waals surface area contributed by atoms with E-state index in [0.29, 0.717) is 21.5 Å². The number of rotatable bonds is 2. The Morgan fingerprint density at radius 2 is 1.86 bits per heavy atom. The first-order valence-corrected chi connectivity index (χ1v) is 7.23. The summed E-state index contributed by atoms with van der Waals surface area (Å²) in [5.41, 5.74) is 8.73. The van der Waals surface area contributed by atoms with E-state index < -0.39 is 0 Å². The van der Waals surface area contributed by atoms with Crippen LogP contribution in [0.4, 0.5) is 10.2 Å². The SMILES string of the molecule is Cc1c(-c2ccc(Br)cc2F)nn(-c2ccccc2)c1N. The second kappa shape index (κ2) is 5.33. The molecule has 106 valence electrons. The molecule has 0 saturated carbocycles. The maximum absolute atomic E-state index is 14.1. The van der Waals surface area contributed by atoms with Gasteiger partial charge in [-0.25, -0.2) is 9.07 Å². The Balaban J connectivity index is 2.17. The van der Waals surface area contributed by atoms with Crippen LogP contribution in [0.2, 0.25) is 0 Å². The van der Waals surface area contributed by atoms with E-state index >= 15 is 0 Å². The van der Waals surface area contributed by atoms with Crippen molar-refractivity contribution in [2.45, 2.75) is 6.92 Å². The lowest BCUT2D eigenvalue weighted by Gasteiger charge is -2.03.